The SMILES string of the molecule is CCn1c(SCC(=O)Nc2cc(C)cc(C)c2)nnc1C(C)Oc1ccccc1OC. The van der Waals surface area contributed by atoms with Gasteiger partial charge in [-0.1, -0.05) is 30.0 Å². The van der Waals surface area contributed by atoms with Crippen LogP contribution in [0.5, 0.6) is 11.5 Å². The molecule has 1 amide bonds. The van der Waals surface area contributed by atoms with Gasteiger partial charge in [-0.25, -0.2) is 0 Å². The Morgan fingerprint density at radius 1 is 1.13 bits per heavy atom. The van der Waals surface area contributed by atoms with E-state index in [9.17, 15) is 4.79 Å². The van der Waals surface area contributed by atoms with Crippen LogP contribution >= 0.6 is 11.8 Å². The number of hydrogen-bond donors (Lipinski definition) is 1. The van der Waals surface area contributed by atoms with Crippen LogP contribution in [0.15, 0.2) is 47.6 Å². The van der Waals surface area contributed by atoms with Gasteiger partial charge in [0.25, 0.3) is 0 Å². The molecule has 0 aliphatic heterocycles. The van der Waals surface area contributed by atoms with E-state index in [1.165, 1.54) is 11.8 Å². The molecule has 0 fully saturated rings. The summed E-state index contributed by atoms with van der Waals surface area (Å²) in [5.41, 5.74) is 3.03. The van der Waals surface area contributed by atoms with Gasteiger partial charge in [0.15, 0.2) is 28.6 Å². The lowest BCUT2D eigenvalue weighted by molar-refractivity contribution is -0.113. The number of thioether (sulfide) groups is 1. The quantitative estimate of drug-likeness (QED) is 0.482. The minimum atomic E-state index is -0.331. The van der Waals surface area contributed by atoms with E-state index < -0.39 is 0 Å². The van der Waals surface area contributed by atoms with Gasteiger partial charge in [-0.2, -0.15) is 0 Å². The molecule has 7 nitrogen and oxygen atoms in total. The Hall–Kier alpha value is -3.00. The molecule has 0 saturated heterocycles. The molecule has 2 aromatic carbocycles. The molecule has 31 heavy (non-hydrogen) atoms. The van der Waals surface area contributed by atoms with Crippen molar-refractivity contribution in [1.82, 2.24) is 14.8 Å². The summed E-state index contributed by atoms with van der Waals surface area (Å²) in [7, 11) is 1.61. The Labute approximate surface area is 187 Å². The van der Waals surface area contributed by atoms with Gasteiger partial charge in [-0.3, -0.25) is 4.79 Å². The van der Waals surface area contributed by atoms with Gasteiger partial charge < -0.3 is 19.4 Å². The van der Waals surface area contributed by atoms with Crippen LogP contribution in [0.3, 0.4) is 0 Å². The molecular formula is C23H28N4O3S. The monoisotopic (exact) mass is 440 g/mol. The van der Waals surface area contributed by atoms with E-state index in [2.05, 4.69) is 21.6 Å². The first-order valence-corrected chi connectivity index (χ1v) is 11.1. The highest BCUT2D eigenvalue weighted by Crippen LogP contribution is 2.31. The Morgan fingerprint density at radius 3 is 2.45 bits per heavy atom. The molecule has 0 radical (unpaired) electrons. The van der Waals surface area contributed by atoms with E-state index in [-0.39, 0.29) is 17.8 Å². The molecule has 1 N–H and O–H groups in total. The number of aromatic nitrogens is 3. The summed E-state index contributed by atoms with van der Waals surface area (Å²) >= 11 is 1.36. The van der Waals surface area contributed by atoms with Crippen LogP contribution in [0.4, 0.5) is 5.69 Å². The van der Waals surface area contributed by atoms with Gasteiger partial charge in [-0.15, -0.1) is 10.2 Å². The summed E-state index contributed by atoms with van der Waals surface area (Å²) in [6.45, 7) is 8.63. The lowest BCUT2D eigenvalue weighted by atomic mass is 10.1. The van der Waals surface area contributed by atoms with Gasteiger partial charge in [0, 0.05) is 12.2 Å². The molecule has 1 atom stereocenters. The van der Waals surface area contributed by atoms with E-state index in [0.717, 1.165) is 16.8 Å². The number of hydrogen-bond acceptors (Lipinski definition) is 6. The normalized spacial score (nSPS) is 11.8. The number of aryl methyl sites for hydroxylation is 2. The lowest BCUT2D eigenvalue weighted by Crippen LogP contribution is -2.15. The molecule has 0 aliphatic rings. The smallest absolute Gasteiger partial charge is 0.234 e. The summed E-state index contributed by atoms with van der Waals surface area (Å²) in [5.74, 6) is 2.17. The minimum absolute atomic E-state index is 0.0828. The molecule has 3 rings (SSSR count). The van der Waals surface area contributed by atoms with Crippen LogP contribution in [0, 0.1) is 13.8 Å². The van der Waals surface area contributed by atoms with Crippen LogP contribution in [-0.4, -0.2) is 33.5 Å². The second kappa shape index (κ2) is 10.3. The van der Waals surface area contributed by atoms with Gasteiger partial charge in [0.2, 0.25) is 5.91 Å². The summed E-state index contributed by atoms with van der Waals surface area (Å²) in [6.07, 6.45) is -0.331. The van der Waals surface area contributed by atoms with E-state index in [1.807, 2.05) is 68.7 Å². The molecule has 1 unspecified atom stereocenters. The number of para-hydroxylation sites is 2. The van der Waals surface area contributed by atoms with Crippen molar-refractivity contribution in [2.45, 2.75) is 45.5 Å². The standard InChI is InChI=1S/C23H28N4O3S/c1-6-27-22(17(4)30-20-10-8-7-9-19(20)29-5)25-26-23(27)31-14-21(28)24-18-12-15(2)11-16(3)13-18/h7-13,17H,6,14H2,1-5H3,(H,24,28). The molecule has 0 saturated carbocycles. The van der Waals surface area contributed by atoms with Crippen LogP contribution in [0.25, 0.3) is 0 Å². The van der Waals surface area contributed by atoms with Crippen molar-refractivity contribution in [3.63, 3.8) is 0 Å². The third-order valence-electron chi connectivity index (χ3n) is 4.64. The Bertz CT molecular complexity index is 1030. The number of carbonyl (C=O) groups is 1. The molecule has 164 valence electrons. The summed E-state index contributed by atoms with van der Waals surface area (Å²) in [5, 5.41) is 12.2. The zero-order valence-electron chi connectivity index (χ0n) is 18.5. The number of ether oxygens (including phenoxy) is 2. The Balaban J connectivity index is 1.66. The van der Waals surface area contributed by atoms with Crippen molar-refractivity contribution in [1.29, 1.82) is 0 Å². The molecular weight excluding hydrogens is 412 g/mol. The predicted molar refractivity (Wildman–Crippen MR) is 123 cm³/mol. The van der Waals surface area contributed by atoms with E-state index >= 15 is 0 Å². The highest BCUT2D eigenvalue weighted by atomic mass is 32.2. The predicted octanol–water partition coefficient (Wildman–Crippen LogP) is 4.79. The minimum Gasteiger partial charge on any atom is -0.493 e. The fraction of sp³-hybridized carbons (Fsp3) is 0.348. The number of nitrogens with zero attached hydrogens (tertiary/aromatic N) is 3. The van der Waals surface area contributed by atoms with Crippen molar-refractivity contribution in [2.24, 2.45) is 0 Å². The van der Waals surface area contributed by atoms with Crippen molar-refractivity contribution in [2.75, 3.05) is 18.2 Å². The zero-order valence-corrected chi connectivity index (χ0v) is 19.3. The average Bonchev–Trinajstić information content (AvgIpc) is 3.15. The Kier molecular flexibility index (Phi) is 7.57. The van der Waals surface area contributed by atoms with Crippen LogP contribution < -0.4 is 14.8 Å². The number of anilines is 1. The van der Waals surface area contributed by atoms with E-state index in [4.69, 9.17) is 9.47 Å². The van der Waals surface area contributed by atoms with Crippen LogP contribution in [0.1, 0.15) is 36.9 Å². The van der Waals surface area contributed by atoms with Gasteiger partial charge in [0.1, 0.15) is 0 Å². The first-order chi connectivity index (χ1) is 14.9. The number of nitrogens with one attached hydrogen (secondary N) is 1. The van der Waals surface area contributed by atoms with Crippen molar-refractivity contribution in [3.05, 3.63) is 59.4 Å². The second-order valence-electron chi connectivity index (χ2n) is 7.21. The summed E-state index contributed by atoms with van der Waals surface area (Å²) in [6, 6.07) is 13.5. The van der Waals surface area contributed by atoms with Gasteiger partial charge in [-0.05, 0) is 63.1 Å². The van der Waals surface area contributed by atoms with Crippen molar-refractivity contribution < 1.29 is 14.3 Å². The molecule has 0 aliphatic carbocycles. The van der Waals surface area contributed by atoms with Gasteiger partial charge >= 0.3 is 0 Å². The number of amides is 1. The van der Waals surface area contributed by atoms with Crippen molar-refractivity contribution >= 4 is 23.4 Å². The van der Waals surface area contributed by atoms with Crippen molar-refractivity contribution in [3.8, 4) is 11.5 Å². The van der Waals surface area contributed by atoms with Gasteiger partial charge in [0.05, 0.1) is 12.9 Å². The second-order valence-corrected chi connectivity index (χ2v) is 8.15. The third kappa shape index (κ3) is 5.79. The number of carbonyl (C=O) groups excluding carboxylic acids is 1. The first kappa shape index (κ1) is 22.7. The fourth-order valence-electron chi connectivity index (χ4n) is 3.34. The molecule has 1 heterocycles. The van der Waals surface area contributed by atoms with Crippen LogP contribution in [-0.2, 0) is 11.3 Å². The molecule has 3 aromatic rings. The maximum atomic E-state index is 12.4. The number of rotatable bonds is 9. The number of benzene rings is 2. The summed E-state index contributed by atoms with van der Waals surface area (Å²) in [4.78, 5) is 12.4. The van der Waals surface area contributed by atoms with E-state index in [1.54, 1.807) is 7.11 Å². The molecule has 8 heteroatoms. The van der Waals surface area contributed by atoms with Crippen LogP contribution in [0.2, 0.25) is 0 Å². The van der Waals surface area contributed by atoms with E-state index in [0.29, 0.717) is 29.0 Å². The topological polar surface area (TPSA) is 78.3 Å². The largest absolute Gasteiger partial charge is 0.493 e. The Morgan fingerprint density at radius 2 is 1.81 bits per heavy atom. The highest BCUT2D eigenvalue weighted by Gasteiger charge is 2.20. The number of methoxy groups -OCH3 is 1. The lowest BCUT2D eigenvalue weighted by Gasteiger charge is -2.17. The molecule has 0 spiro atoms. The highest BCUT2D eigenvalue weighted by molar-refractivity contribution is 7.99. The molecule has 1 aromatic heterocycles. The zero-order chi connectivity index (χ0) is 22.4. The third-order valence-corrected chi connectivity index (χ3v) is 5.60. The average molecular weight is 441 g/mol. The maximum absolute atomic E-state index is 12.4. The first-order valence-electron chi connectivity index (χ1n) is 10.1. The fourth-order valence-corrected chi connectivity index (χ4v) is 4.15. The molecule has 0 bridgehead atoms. The maximum Gasteiger partial charge on any atom is 0.234 e. The summed E-state index contributed by atoms with van der Waals surface area (Å²) < 4.78 is 13.4.